The van der Waals surface area contributed by atoms with E-state index in [9.17, 15) is 13.2 Å². The maximum Gasteiger partial charge on any atom is 0.178 e. The summed E-state index contributed by atoms with van der Waals surface area (Å²) in [5.41, 5.74) is 0.000950. The Morgan fingerprint density at radius 2 is 1.91 bits per heavy atom. The lowest BCUT2D eigenvalue weighted by Gasteiger charge is -2.42. The monoisotopic (exact) mass is 334 g/mol. The van der Waals surface area contributed by atoms with Crippen LogP contribution >= 0.6 is 0 Å². The number of benzene rings is 1. The van der Waals surface area contributed by atoms with Gasteiger partial charge in [0.1, 0.15) is 5.78 Å². The van der Waals surface area contributed by atoms with E-state index in [1.54, 1.807) is 24.3 Å². The van der Waals surface area contributed by atoms with Crippen LogP contribution in [0.25, 0.3) is 0 Å². The number of Topliss-reactive ketones (excluding diaryl/α,β-unsaturated/α-hetero) is 1. The van der Waals surface area contributed by atoms with E-state index >= 15 is 0 Å². The summed E-state index contributed by atoms with van der Waals surface area (Å²) < 4.78 is 25.3. The summed E-state index contributed by atoms with van der Waals surface area (Å²) in [6.45, 7) is 4.27. The number of rotatable bonds is 4. The third-order valence-corrected chi connectivity index (χ3v) is 8.16. The van der Waals surface area contributed by atoms with Crippen molar-refractivity contribution in [3.05, 3.63) is 30.3 Å². The molecule has 2 aliphatic carbocycles. The van der Waals surface area contributed by atoms with Gasteiger partial charge in [0, 0.05) is 12.3 Å². The smallest absolute Gasteiger partial charge is 0.178 e. The van der Waals surface area contributed by atoms with Crippen molar-refractivity contribution in [2.45, 2.75) is 50.8 Å². The molecule has 1 aromatic carbocycles. The van der Waals surface area contributed by atoms with E-state index in [0.717, 1.165) is 25.7 Å². The molecule has 0 spiro atoms. The highest BCUT2D eigenvalue weighted by Gasteiger charge is 2.52. The van der Waals surface area contributed by atoms with Crippen molar-refractivity contribution < 1.29 is 13.2 Å². The first kappa shape index (κ1) is 16.7. The number of hydrogen-bond donors (Lipinski definition) is 0. The molecule has 0 unspecified atom stereocenters. The van der Waals surface area contributed by atoms with Gasteiger partial charge < -0.3 is 0 Å². The van der Waals surface area contributed by atoms with Gasteiger partial charge in [-0.05, 0) is 55.1 Å². The van der Waals surface area contributed by atoms with Gasteiger partial charge in [-0.15, -0.1) is 0 Å². The lowest BCUT2D eigenvalue weighted by molar-refractivity contribution is -0.129. The molecule has 0 N–H and O–H groups in total. The molecule has 0 saturated heterocycles. The van der Waals surface area contributed by atoms with Gasteiger partial charge in [0.25, 0.3) is 0 Å². The van der Waals surface area contributed by atoms with Gasteiger partial charge in [0.15, 0.2) is 9.84 Å². The van der Waals surface area contributed by atoms with E-state index in [1.165, 1.54) is 0 Å². The molecule has 0 aliphatic heterocycles. The molecule has 3 nitrogen and oxygen atoms in total. The van der Waals surface area contributed by atoms with Crippen molar-refractivity contribution >= 4 is 15.6 Å². The standard InChI is InChI=1S/C19H26O3S/c1-14(13-23(21,22)15-7-4-3-5-8-15)16-10-11-17-18(20)9-6-12-19(16,17)2/h3-5,7-8,14,16-17H,6,9-13H2,1-2H3/t14-,16-,17-,19-/m1/s1. The van der Waals surface area contributed by atoms with Crippen LogP contribution in [0.2, 0.25) is 0 Å². The zero-order chi connectivity index (χ0) is 16.7. The summed E-state index contributed by atoms with van der Waals surface area (Å²) in [6.07, 6.45) is 4.65. The Kier molecular flexibility index (Phi) is 4.39. The maximum atomic E-state index is 12.7. The van der Waals surface area contributed by atoms with E-state index in [4.69, 9.17) is 0 Å². The highest BCUT2D eigenvalue weighted by Crippen LogP contribution is 2.56. The molecule has 0 heterocycles. The molecule has 4 heteroatoms. The Morgan fingerprint density at radius 3 is 2.61 bits per heavy atom. The zero-order valence-electron chi connectivity index (χ0n) is 14.0. The largest absolute Gasteiger partial charge is 0.299 e. The van der Waals surface area contributed by atoms with Crippen molar-refractivity contribution in [2.75, 3.05) is 5.75 Å². The van der Waals surface area contributed by atoms with Gasteiger partial charge in [-0.1, -0.05) is 32.0 Å². The molecule has 126 valence electrons. The predicted molar refractivity (Wildman–Crippen MR) is 90.8 cm³/mol. The average molecular weight is 334 g/mol. The van der Waals surface area contributed by atoms with Crippen LogP contribution in [0.1, 0.15) is 46.0 Å². The van der Waals surface area contributed by atoms with Gasteiger partial charge in [-0.2, -0.15) is 0 Å². The van der Waals surface area contributed by atoms with Gasteiger partial charge in [0.2, 0.25) is 0 Å². The molecule has 4 atom stereocenters. The normalized spacial score (nSPS) is 32.5. The summed E-state index contributed by atoms with van der Waals surface area (Å²) in [5.74, 6) is 1.15. The molecule has 2 saturated carbocycles. The molecule has 0 radical (unpaired) electrons. The van der Waals surface area contributed by atoms with Crippen molar-refractivity contribution in [1.29, 1.82) is 0 Å². The summed E-state index contributed by atoms with van der Waals surface area (Å²) in [7, 11) is -3.26. The van der Waals surface area contributed by atoms with Gasteiger partial charge in [0.05, 0.1) is 10.6 Å². The van der Waals surface area contributed by atoms with Crippen LogP contribution in [-0.2, 0) is 14.6 Å². The predicted octanol–water partition coefficient (Wildman–Crippen LogP) is 3.88. The van der Waals surface area contributed by atoms with E-state index < -0.39 is 9.84 Å². The van der Waals surface area contributed by atoms with Crippen LogP contribution in [0.15, 0.2) is 35.2 Å². The first-order chi connectivity index (χ1) is 10.8. The first-order valence-electron chi connectivity index (χ1n) is 8.65. The summed E-state index contributed by atoms with van der Waals surface area (Å²) >= 11 is 0. The number of hydrogen-bond acceptors (Lipinski definition) is 3. The van der Waals surface area contributed by atoms with E-state index in [-0.39, 0.29) is 23.0 Å². The Hall–Kier alpha value is -1.16. The highest BCUT2D eigenvalue weighted by molar-refractivity contribution is 7.91. The van der Waals surface area contributed by atoms with Crippen molar-refractivity contribution in [3.63, 3.8) is 0 Å². The summed E-state index contributed by atoms with van der Waals surface area (Å²) in [6, 6.07) is 8.71. The minimum atomic E-state index is -3.26. The molecule has 1 aromatic rings. The van der Waals surface area contributed by atoms with Crippen LogP contribution < -0.4 is 0 Å². The topological polar surface area (TPSA) is 51.2 Å². The molecule has 0 aromatic heterocycles. The van der Waals surface area contributed by atoms with Crippen LogP contribution in [0.4, 0.5) is 0 Å². The minimum Gasteiger partial charge on any atom is -0.299 e. The molecular formula is C19H26O3S. The number of ketones is 1. The Bertz CT molecular complexity index is 680. The van der Waals surface area contributed by atoms with Crippen LogP contribution in [0.3, 0.4) is 0 Å². The SMILES string of the molecule is C[C@H](CS(=O)(=O)c1ccccc1)[C@H]1CC[C@@H]2C(=O)CCC[C@@]21C. The summed E-state index contributed by atoms with van der Waals surface area (Å²) in [5, 5.41) is 0. The quantitative estimate of drug-likeness (QED) is 0.839. The molecule has 2 aliphatic rings. The molecule has 0 bridgehead atoms. The number of carbonyl (C=O) groups is 1. The fraction of sp³-hybridized carbons (Fsp3) is 0.632. The maximum absolute atomic E-state index is 12.7. The molecular weight excluding hydrogens is 308 g/mol. The van der Waals surface area contributed by atoms with E-state index in [1.807, 2.05) is 6.07 Å². The first-order valence-corrected chi connectivity index (χ1v) is 10.3. The van der Waals surface area contributed by atoms with Crippen LogP contribution in [0.5, 0.6) is 0 Å². The van der Waals surface area contributed by atoms with Crippen molar-refractivity contribution in [2.24, 2.45) is 23.2 Å². The average Bonchev–Trinajstić information content (AvgIpc) is 2.86. The number of fused-ring (bicyclic) bond motifs is 1. The highest BCUT2D eigenvalue weighted by atomic mass is 32.2. The second-order valence-corrected chi connectivity index (χ2v) is 9.67. The lowest BCUT2D eigenvalue weighted by Crippen LogP contribution is -2.40. The molecule has 23 heavy (non-hydrogen) atoms. The Labute approximate surface area is 139 Å². The fourth-order valence-electron chi connectivity index (χ4n) is 5.09. The number of sulfone groups is 1. The van der Waals surface area contributed by atoms with Gasteiger partial charge >= 0.3 is 0 Å². The lowest BCUT2D eigenvalue weighted by atomic mass is 9.62. The molecule has 2 fully saturated rings. The minimum absolute atomic E-state index is 0.000950. The Morgan fingerprint density at radius 1 is 1.22 bits per heavy atom. The Balaban J connectivity index is 1.79. The van der Waals surface area contributed by atoms with Crippen molar-refractivity contribution in [1.82, 2.24) is 0 Å². The number of carbonyl (C=O) groups excluding carboxylic acids is 1. The van der Waals surface area contributed by atoms with Crippen LogP contribution in [0, 0.1) is 23.2 Å². The van der Waals surface area contributed by atoms with Gasteiger partial charge in [-0.25, -0.2) is 8.42 Å². The summed E-state index contributed by atoms with van der Waals surface area (Å²) in [4.78, 5) is 12.6. The second kappa shape index (κ2) is 6.04. The van der Waals surface area contributed by atoms with Gasteiger partial charge in [-0.3, -0.25) is 4.79 Å². The zero-order valence-corrected chi connectivity index (χ0v) is 14.8. The van der Waals surface area contributed by atoms with Crippen molar-refractivity contribution in [3.8, 4) is 0 Å². The third kappa shape index (κ3) is 2.98. The third-order valence-electron chi connectivity index (χ3n) is 6.21. The van der Waals surface area contributed by atoms with E-state index in [0.29, 0.717) is 23.0 Å². The molecule has 0 amide bonds. The molecule has 3 rings (SSSR count). The fourth-order valence-corrected chi connectivity index (χ4v) is 6.78. The van der Waals surface area contributed by atoms with Crippen LogP contribution in [-0.4, -0.2) is 20.0 Å². The second-order valence-electron chi connectivity index (χ2n) is 7.63. The van der Waals surface area contributed by atoms with E-state index in [2.05, 4.69) is 13.8 Å².